The van der Waals surface area contributed by atoms with E-state index in [-0.39, 0.29) is 39.6 Å². The van der Waals surface area contributed by atoms with E-state index in [2.05, 4.69) is 4.98 Å². The number of aromatic nitrogens is 1. The van der Waals surface area contributed by atoms with Crippen LogP contribution in [0.4, 0.5) is 4.39 Å². The second kappa shape index (κ2) is 6.53. The third-order valence-electron chi connectivity index (χ3n) is 5.53. The van der Waals surface area contributed by atoms with Crippen LogP contribution >= 0.6 is 0 Å². The Labute approximate surface area is 155 Å². The van der Waals surface area contributed by atoms with Gasteiger partial charge in [0.05, 0.1) is 17.5 Å². The van der Waals surface area contributed by atoms with E-state index in [9.17, 15) is 19.1 Å². The van der Waals surface area contributed by atoms with Crippen molar-refractivity contribution in [2.45, 2.75) is 12.8 Å². The molecule has 0 spiro atoms. The number of H-pyrrole nitrogens is 1. The van der Waals surface area contributed by atoms with Crippen LogP contribution in [0.5, 0.6) is 5.75 Å². The summed E-state index contributed by atoms with van der Waals surface area (Å²) < 4.78 is 19.1. The number of fused-ring (bicyclic) bond motifs is 1. The average molecular weight is 375 g/mol. The van der Waals surface area contributed by atoms with Crippen molar-refractivity contribution in [3.05, 3.63) is 29.7 Å². The first-order valence-corrected chi connectivity index (χ1v) is 9.03. The molecule has 2 N–H and O–H groups in total. The van der Waals surface area contributed by atoms with Crippen LogP contribution in [0.3, 0.4) is 0 Å². The number of phenols is 1. The molecule has 2 fully saturated rings. The number of amides is 2. The van der Waals surface area contributed by atoms with Gasteiger partial charge in [0, 0.05) is 38.7 Å². The van der Waals surface area contributed by atoms with Crippen molar-refractivity contribution in [2.75, 3.05) is 39.9 Å². The fourth-order valence-corrected chi connectivity index (χ4v) is 3.75. The number of nitrogens with one attached hydrogen (secondary N) is 1. The van der Waals surface area contributed by atoms with E-state index in [1.54, 1.807) is 16.9 Å². The lowest BCUT2D eigenvalue weighted by atomic mass is 10.1. The Morgan fingerprint density at radius 3 is 2.48 bits per heavy atom. The Hall–Kier alpha value is -2.61. The number of hydrogen-bond donors (Lipinski definition) is 2. The van der Waals surface area contributed by atoms with Crippen molar-refractivity contribution in [3.8, 4) is 5.75 Å². The number of phenolic OH excluding ortho intramolecular Hbond substituents is 1. The van der Waals surface area contributed by atoms with Crippen molar-refractivity contribution >= 4 is 22.7 Å². The predicted octanol–water partition coefficient (Wildman–Crippen LogP) is 1.72. The van der Waals surface area contributed by atoms with E-state index >= 15 is 0 Å². The van der Waals surface area contributed by atoms with Gasteiger partial charge < -0.3 is 24.6 Å². The predicted molar refractivity (Wildman–Crippen MR) is 95.9 cm³/mol. The summed E-state index contributed by atoms with van der Waals surface area (Å²) in [6.45, 7) is 2.20. The molecule has 2 amide bonds. The Bertz CT molecular complexity index is 859. The summed E-state index contributed by atoms with van der Waals surface area (Å²) in [4.78, 5) is 31.6. The first-order valence-electron chi connectivity index (χ1n) is 9.03. The van der Waals surface area contributed by atoms with Crippen molar-refractivity contribution in [1.29, 1.82) is 0 Å². The number of benzene rings is 1. The summed E-state index contributed by atoms with van der Waals surface area (Å²) in [5.41, 5.74) is -0.0294. The lowest BCUT2D eigenvalue weighted by Crippen LogP contribution is -2.52. The molecule has 0 bridgehead atoms. The highest BCUT2D eigenvalue weighted by atomic mass is 19.1. The first-order chi connectivity index (χ1) is 12.9. The zero-order valence-corrected chi connectivity index (χ0v) is 15.1. The van der Waals surface area contributed by atoms with Gasteiger partial charge in [0.1, 0.15) is 17.3 Å². The lowest BCUT2D eigenvalue weighted by molar-refractivity contribution is -0.140. The van der Waals surface area contributed by atoms with Gasteiger partial charge >= 0.3 is 0 Å². The molecule has 0 radical (unpaired) electrons. The van der Waals surface area contributed by atoms with Gasteiger partial charge in [-0.05, 0) is 31.0 Å². The van der Waals surface area contributed by atoms with E-state index < -0.39 is 5.82 Å². The summed E-state index contributed by atoms with van der Waals surface area (Å²) in [5, 5.41) is 10.1. The van der Waals surface area contributed by atoms with Crippen LogP contribution in [0.25, 0.3) is 10.9 Å². The molecule has 1 aliphatic carbocycles. The van der Waals surface area contributed by atoms with Crippen molar-refractivity contribution < 1.29 is 23.8 Å². The van der Waals surface area contributed by atoms with Crippen LogP contribution in [-0.2, 0) is 9.53 Å². The molecule has 1 aromatic carbocycles. The number of aromatic hydroxyl groups is 1. The van der Waals surface area contributed by atoms with E-state index in [0.717, 1.165) is 18.9 Å². The molecule has 27 heavy (non-hydrogen) atoms. The van der Waals surface area contributed by atoms with Crippen molar-refractivity contribution in [3.63, 3.8) is 0 Å². The fraction of sp³-hybridized carbons (Fsp3) is 0.474. The third-order valence-corrected chi connectivity index (χ3v) is 5.53. The van der Waals surface area contributed by atoms with E-state index in [1.165, 1.54) is 12.1 Å². The zero-order chi connectivity index (χ0) is 19.2. The van der Waals surface area contributed by atoms with Crippen molar-refractivity contribution in [2.24, 2.45) is 5.41 Å². The minimum atomic E-state index is -0.523. The zero-order valence-electron chi connectivity index (χ0n) is 15.1. The highest BCUT2D eigenvalue weighted by Gasteiger charge is 2.52. The largest absolute Gasteiger partial charge is 0.507 e. The Morgan fingerprint density at radius 2 is 1.89 bits per heavy atom. The second-order valence-electron chi connectivity index (χ2n) is 7.34. The van der Waals surface area contributed by atoms with E-state index in [1.807, 2.05) is 0 Å². The van der Waals surface area contributed by atoms with Crippen LogP contribution in [0.2, 0.25) is 0 Å². The van der Waals surface area contributed by atoms with Crippen molar-refractivity contribution in [1.82, 2.24) is 14.8 Å². The smallest absolute Gasteiger partial charge is 0.270 e. The van der Waals surface area contributed by atoms with Gasteiger partial charge in [-0.15, -0.1) is 0 Å². The van der Waals surface area contributed by atoms with Gasteiger partial charge in [0.2, 0.25) is 5.91 Å². The van der Waals surface area contributed by atoms with Crippen LogP contribution in [0.1, 0.15) is 23.3 Å². The molecule has 1 aliphatic heterocycles. The average Bonchev–Trinajstić information content (AvgIpc) is 3.31. The summed E-state index contributed by atoms with van der Waals surface area (Å²) in [6.07, 6.45) is 1.70. The molecule has 4 rings (SSSR count). The minimum Gasteiger partial charge on any atom is -0.507 e. The number of rotatable bonds is 4. The number of carbonyl (C=O) groups excluding carboxylic acids is 2. The van der Waals surface area contributed by atoms with Crippen LogP contribution in [-0.4, -0.2) is 71.6 Å². The number of ether oxygens (including phenoxy) is 1. The molecule has 1 saturated heterocycles. The topological polar surface area (TPSA) is 85.9 Å². The molecular weight excluding hydrogens is 353 g/mol. The number of aromatic amines is 1. The quantitative estimate of drug-likeness (QED) is 0.852. The maximum Gasteiger partial charge on any atom is 0.270 e. The van der Waals surface area contributed by atoms with Gasteiger partial charge in [-0.1, -0.05) is 0 Å². The molecule has 1 saturated carbocycles. The summed E-state index contributed by atoms with van der Waals surface area (Å²) in [6, 6.07) is 3.88. The molecular formula is C19H22FN3O4. The maximum atomic E-state index is 13.9. The SMILES string of the molecule is COCC1(C(=O)N2CCN(C(=O)c3cc4c(O)ccc(F)c4[nH]3)CC2)CC1. The maximum absolute atomic E-state index is 13.9. The number of piperazine rings is 1. The van der Waals surface area contributed by atoms with Crippen LogP contribution in [0, 0.1) is 11.2 Å². The summed E-state index contributed by atoms with van der Waals surface area (Å²) in [5.74, 6) is -0.765. The highest BCUT2D eigenvalue weighted by Crippen LogP contribution is 2.47. The van der Waals surface area contributed by atoms with E-state index in [0.29, 0.717) is 32.8 Å². The lowest BCUT2D eigenvalue weighted by Gasteiger charge is -2.36. The monoisotopic (exact) mass is 375 g/mol. The first kappa shape index (κ1) is 17.8. The number of halogens is 1. The van der Waals surface area contributed by atoms with Gasteiger partial charge in [-0.3, -0.25) is 9.59 Å². The Balaban J connectivity index is 1.44. The molecule has 2 aromatic rings. The standard InChI is InChI=1S/C19H22FN3O4/c1-27-11-19(4-5-19)18(26)23-8-6-22(7-9-23)17(25)14-10-12-15(24)3-2-13(20)16(12)21-14/h2-3,10,21,24H,4-9,11H2,1H3. The number of methoxy groups -OCH3 is 1. The molecule has 0 atom stereocenters. The Kier molecular flexibility index (Phi) is 4.30. The summed E-state index contributed by atoms with van der Waals surface area (Å²) >= 11 is 0. The summed E-state index contributed by atoms with van der Waals surface area (Å²) in [7, 11) is 1.60. The second-order valence-corrected chi connectivity index (χ2v) is 7.34. The molecule has 0 unspecified atom stereocenters. The molecule has 2 aliphatic rings. The Morgan fingerprint density at radius 1 is 1.22 bits per heavy atom. The molecule has 144 valence electrons. The van der Waals surface area contributed by atoms with Gasteiger partial charge in [-0.25, -0.2) is 4.39 Å². The van der Waals surface area contributed by atoms with E-state index in [4.69, 9.17) is 4.74 Å². The van der Waals surface area contributed by atoms with Gasteiger partial charge in [-0.2, -0.15) is 0 Å². The molecule has 2 heterocycles. The number of hydrogen-bond acceptors (Lipinski definition) is 4. The number of nitrogens with zero attached hydrogens (tertiary/aromatic N) is 2. The van der Waals surface area contributed by atoms with Crippen LogP contribution < -0.4 is 0 Å². The normalized spacial score (nSPS) is 18.7. The number of carbonyl (C=O) groups is 2. The highest BCUT2D eigenvalue weighted by molar-refractivity contribution is 6.00. The fourth-order valence-electron chi connectivity index (χ4n) is 3.75. The van der Waals surface area contributed by atoms with Gasteiger partial charge in [0.25, 0.3) is 5.91 Å². The molecule has 7 nitrogen and oxygen atoms in total. The minimum absolute atomic E-state index is 0.0787. The third kappa shape index (κ3) is 3.03. The molecule has 8 heteroatoms. The molecule has 1 aromatic heterocycles. The van der Waals surface area contributed by atoms with Gasteiger partial charge in [0.15, 0.2) is 0 Å². The van der Waals surface area contributed by atoms with Crippen LogP contribution in [0.15, 0.2) is 18.2 Å².